The summed E-state index contributed by atoms with van der Waals surface area (Å²) in [7, 11) is 0. The summed E-state index contributed by atoms with van der Waals surface area (Å²) in [5, 5.41) is 0. The van der Waals surface area contributed by atoms with Crippen LogP contribution in [0, 0.1) is 11.8 Å². The number of benzene rings is 1. The maximum absolute atomic E-state index is 12.6. The van der Waals surface area contributed by atoms with E-state index < -0.39 is 47.9 Å². The van der Waals surface area contributed by atoms with E-state index in [0.29, 0.717) is 5.56 Å². The highest BCUT2D eigenvalue weighted by atomic mass is 16.7. The van der Waals surface area contributed by atoms with E-state index in [4.69, 9.17) is 29.4 Å². The van der Waals surface area contributed by atoms with Crippen molar-refractivity contribution in [3.8, 4) is 11.5 Å². The number of rotatable bonds is 12. The second kappa shape index (κ2) is 14.7. The van der Waals surface area contributed by atoms with Crippen molar-refractivity contribution in [2.75, 3.05) is 0 Å². The van der Waals surface area contributed by atoms with Gasteiger partial charge in [-0.2, -0.15) is 0 Å². The predicted octanol–water partition coefficient (Wildman–Crippen LogP) is 4.73. The van der Waals surface area contributed by atoms with Gasteiger partial charge < -0.3 is 29.4 Å². The molecule has 38 heavy (non-hydrogen) atoms. The van der Waals surface area contributed by atoms with E-state index >= 15 is 0 Å². The molecule has 0 saturated carbocycles. The average Bonchev–Trinajstić information content (AvgIpc) is 2.72. The molecule has 10 heteroatoms. The normalized spacial score (nSPS) is 13.9. The van der Waals surface area contributed by atoms with Gasteiger partial charge in [0.05, 0.1) is 0 Å². The molecule has 0 aliphatic rings. The fraction of sp³-hybridized carbons (Fsp3) is 0.643. The second-order valence-corrected chi connectivity index (χ2v) is 11.2. The summed E-state index contributed by atoms with van der Waals surface area (Å²) >= 11 is 0. The molecule has 1 aromatic carbocycles. The first kappa shape index (κ1) is 32.9. The topological polar surface area (TPSA) is 140 Å². The Balaban J connectivity index is 2.91. The lowest BCUT2D eigenvalue weighted by molar-refractivity contribution is -0.156. The van der Waals surface area contributed by atoms with Gasteiger partial charge in [0.25, 0.3) is 0 Å². The number of hydrogen-bond donors (Lipinski definition) is 1. The first-order chi connectivity index (χ1) is 17.5. The molecule has 0 fully saturated rings. The molecule has 0 amide bonds. The lowest BCUT2D eigenvalue weighted by atomic mass is 10.1. The Bertz CT molecular complexity index is 966. The van der Waals surface area contributed by atoms with Crippen molar-refractivity contribution in [2.24, 2.45) is 17.6 Å². The van der Waals surface area contributed by atoms with E-state index in [9.17, 15) is 19.2 Å². The molecule has 10 nitrogen and oxygen atoms in total. The summed E-state index contributed by atoms with van der Waals surface area (Å²) in [5.74, 6) is -1.29. The van der Waals surface area contributed by atoms with Crippen molar-refractivity contribution in [2.45, 2.75) is 105 Å². The summed E-state index contributed by atoms with van der Waals surface area (Å²) in [6.45, 7) is 15.8. The van der Waals surface area contributed by atoms with E-state index in [0.717, 1.165) is 0 Å². The maximum Gasteiger partial charge on any atom is 0.509 e. The third kappa shape index (κ3) is 12.9. The summed E-state index contributed by atoms with van der Waals surface area (Å²) in [6, 6.07) is 3.59. The van der Waals surface area contributed by atoms with Crippen molar-refractivity contribution in [3.05, 3.63) is 23.8 Å². The zero-order valence-electron chi connectivity index (χ0n) is 24.0. The largest absolute Gasteiger partial charge is 0.509 e. The number of ether oxygens (including phenoxy) is 5. The van der Waals surface area contributed by atoms with Gasteiger partial charge in [-0.15, -0.1) is 0 Å². The van der Waals surface area contributed by atoms with Crippen molar-refractivity contribution < 1.29 is 42.9 Å². The number of esters is 3. The summed E-state index contributed by atoms with van der Waals surface area (Å²) < 4.78 is 26.6. The van der Waals surface area contributed by atoms with Crippen LogP contribution in [-0.2, 0) is 35.0 Å². The second-order valence-electron chi connectivity index (χ2n) is 11.2. The Morgan fingerprint density at radius 3 is 1.79 bits per heavy atom. The molecule has 2 N–H and O–H groups in total. The molecule has 1 rings (SSSR count). The third-order valence-electron chi connectivity index (χ3n) is 5.00. The molecule has 0 aliphatic heterocycles. The minimum absolute atomic E-state index is 0.0573. The van der Waals surface area contributed by atoms with Crippen LogP contribution in [-0.4, -0.2) is 47.9 Å². The third-order valence-corrected chi connectivity index (χ3v) is 5.00. The van der Waals surface area contributed by atoms with Crippen molar-refractivity contribution in [1.82, 2.24) is 0 Å². The zero-order chi connectivity index (χ0) is 29.2. The molecule has 0 bridgehead atoms. The lowest BCUT2D eigenvalue weighted by Crippen LogP contribution is -2.40. The quantitative estimate of drug-likeness (QED) is 0.294. The fourth-order valence-corrected chi connectivity index (χ4v) is 3.06. The highest BCUT2D eigenvalue weighted by molar-refractivity contribution is 5.77. The molecule has 0 spiro atoms. The Hall–Kier alpha value is -3.14. The number of carbonyl (C=O) groups excluding carboxylic acids is 4. The summed E-state index contributed by atoms with van der Waals surface area (Å²) in [4.78, 5) is 49.0. The SMILES string of the molecule is CC(C)CC(=O)Oc1ccc(C[C@H](N)C(=O)O[C@@H](C)[C@H](C)OC(=O)OC(C)(C)C)cc1OC(=O)CC(C)C. The van der Waals surface area contributed by atoms with E-state index in [1.165, 1.54) is 12.1 Å². The van der Waals surface area contributed by atoms with Gasteiger partial charge in [0.1, 0.15) is 23.9 Å². The van der Waals surface area contributed by atoms with E-state index in [1.807, 2.05) is 27.7 Å². The standard InChI is InChI=1S/C28H43NO9/c1-16(2)12-24(30)36-22-11-10-20(15-23(22)37-25(31)13-17(3)4)14-21(29)26(32)34-18(5)19(6)35-27(33)38-28(7,8)9/h10-11,15-19,21H,12-14,29H2,1-9H3/t18-,19-,21-/m0/s1. The van der Waals surface area contributed by atoms with Gasteiger partial charge in [0.15, 0.2) is 11.5 Å². The maximum atomic E-state index is 12.6. The monoisotopic (exact) mass is 537 g/mol. The van der Waals surface area contributed by atoms with E-state index in [1.54, 1.807) is 40.7 Å². The Morgan fingerprint density at radius 1 is 0.789 bits per heavy atom. The van der Waals surface area contributed by atoms with Crippen LogP contribution in [0.4, 0.5) is 4.79 Å². The van der Waals surface area contributed by atoms with E-state index in [2.05, 4.69) is 0 Å². The van der Waals surface area contributed by atoms with Crippen molar-refractivity contribution in [3.63, 3.8) is 0 Å². The zero-order valence-corrected chi connectivity index (χ0v) is 24.0. The summed E-state index contributed by atoms with van der Waals surface area (Å²) in [6.07, 6.45) is -1.99. The van der Waals surface area contributed by atoms with Gasteiger partial charge in [0, 0.05) is 12.8 Å². The van der Waals surface area contributed by atoms with Gasteiger partial charge in [-0.3, -0.25) is 14.4 Å². The average molecular weight is 538 g/mol. The lowest BCUT2D eigenvalue weighted by Gasteiger charge is -2.24. The van der Waals surface area contributed by atoms with Crippen LogP contribution >= 0.6 is 0 Å². The van der Waals surface area contributed by atoms with Gasteiger partial charge in [-0.25, -0.2) is 4.79 Å². The van der Waals surface area contributed by atoms with E-state index in [-0.39, 0.29) is 42.6 Å². The van der Waals surface area contributed by atoms with Crippen LogP contribution in [0.25, 0.3) is 0 Å². The smallest absolute Gasteiger partial charge is 0.458 e. The molecule has 3 atom stereocenters. The molecule has 0 saturated heterocycles. The van der Waals surface area contributed by atoms with Crippen LogP contribution in [0.3, 0.4) is 0 Å². The minimum atomic E-state index is -1.06. The van der Waals surface area contributed by atoms with Crippen LogP contribution in [0.1, 0.15) is 80.7 Å². The number of hydrogen-bond acceptors (Lipinski definition) is 10. The minimum Gasteiger partial charge on any atom is -0.458 e. The first-order valence-electron chi connectivity index (χ1n) is 12.9. The Labute approximate surface area is 225 Å². The van der Waals surface area contributed by atoms with Crippen LogP contribution in [0.2, 0.25) is 0 Å². The molecule has 0 aromatic heterocycles. The fourth-order valence-electron chi connectivity index (χ4n) is 3.06. The highest BCUT2D eigenvalue weighted by Gasteiger charge is 2.27. The predicted molar refractivity (Wildman–Crippen MR) is 141 cm³/mol. The van der Waals surface area contributed by atoms with Crippen molar-refractivity contribution >= 4 is 24.1 Å². The first-order valence-corrected chi connectivity index (χ1v) is 12.9. The van der Waals surface area contributed by atoms with Crippen LogP contribution < -0.4 is 15.2 Å². The Morgan fingerprint density at radius 2 is 1.29 bits per heavy atom. The van der Waals surface area contributed by atoms with Gasteiger partial charge in [-0.05, 0) is 70.6 Å². The van der Waals surface area contributed by atoms with Crippen LogP contribution in [0.15, 0.2) is 18.2 Å². The molecular formula is C28H43NO9. The molecule has 1 aromatic rings. The van der Waals surface area contributed by atoms with Gasteiger partial charge in [0.2, 0.25) is 0 Å². The molecule has 0 unspecified atom stereocenters. The number of nitrogens with two attached hydrogens (primary N) is 1. The summed E-state index contributed by atoms with van der Waals surface area (Å²) in [5.41, 5.74) is 5.92. The molecule has 0 heterocycles. The Kier molecular flexibility index (Phi) is 12.7. The van der Waals surface area contributed by atoms with Crippen molar-refractivity contribution in [1.29, 1.82) is 0 Å². The molecular weight excluding hydrogens is 494 g/mol. The molecule has 0 aliphatic carbocycles. The van der Waals surface area contributed by atoms with Gasteiger partial charge in [-0.1, -0.05) is 33.8 Å². The number of carbonyl (C=O) groups is 4. The van der Waals surface area contributed by atoms with Gasteiger partial charge >= 0.3 is 24.1 Å². The molecule has 214 valence electrons. The van der Waals surface area contributed by atoms with Crippen LogP contribution in [0.5, 0.6) is 11.5 Å². The molecule has 0 radical (unpaired) electrons. The highest BCUT2D eigenvalue weighted by Crippen LogP contribution is 2.30.